The van der Waals surface area contributed by atoms with E-state index in [-0.39, 0.29) is 23.9 Å². The third-order valence-electron chi connectivity index (χ3n) is 2.94. The number of nitrogens with one attached hydrogen (secondary N) is 3. The molecule has 0 saturated heterocycles. The normalized spacial score (nSPS) is 11.0. The third-order valence-corrected chi connectivity index (χ3v) is 3.74. The van der Waals surface area contributed by atoms with Crippen molar-refractivity contribution in [3.05, 3.63) is 40.9 Å². The Labute approximate surface area is 145 Å². The Hall–Kier alpha value is -2.41. The lowest BCUT2D eigenvalue weighted by Crippen LogP contribution is -2.41. The molecule has 0 radical (unpaired) electrons. The first-order valence-electron chi connectivity index (χ1n) is 7.61. The summed E-state index contributed by atoms with van der Waals surface area (Å²) in [5, 5.41) is 10.5. The average molecular weight is 346 g/mol. The smallest absolute Gasteiger partial charge is 0.325 e. The maximum atomic E-state index is 12.0. The van der Waals surface area contributed by atoms with Crippen LogP contribution in [0.15, 0.2) is 29.6 Å². The highest BCUT2D eigenvalue weighted by molar-refractivity contribution is 7.13. The molecule has 1 aromatic carbocycles. The predicted molar refractivity (Wildman–Crippen MR) is 97.5 cm³/mol. The zero-order valence-corrected chi connectivity index (χ0v) is 15.1. The van der Waals surface area contributed by atoms with Gasteiger partial charge in [-0.2, -0.15) is 0 Å². The van der Waals surface area contributed by atoms with Gasteiger partial charge in [0.15, 0.2) is 5.13 Å². The molecule has 0 unspecified atom stereocenters. The topological polar surface area (TPSA) is 83.1 Å². The number of nitrogens with zero attached hydrogens (tertiary/aromatic N) is 1. The lowest BCUT2D eigenvalue weighted by atomic mass is 10.1. The second-order valence-electron chi connectivity index (χ2n) is 6.56. The summed E-state index contributed by atoms with van der Waals surface area (Å²) in [6.07, 6.45) is 0.190. The monoisotopic (exact) mass is 346 g/mol. The van der Waals surface area contributed by atoms with E-state index in [1.165, 1.54) is 11.3 Å². The molecule has 0 aliphatic heterocycles. The predicted octanol–water partition coefficient (Wildman–Crippen LogP) is 3.55. The van der Waals surface area contributed by atoms with E-state index in [9.17, 15) is 9.59 Å². The number of thiazole rings is 1. The minimum Gasteiger partial charge on any atom is -0.351 e. The molecule has 1 aromatic heterocycles. The minimum absolute atomic E-state index is 0.0940. The Morgan fingerprint density at radius 1 is 1.12 bits per heavy atom. The van der Waals surface area contributed by atoms with E-state index in [4.69, 9.17) is 0 Å². The van der Waals surface area contributed by atoms with Crippen molar-refractivity contribution in [3.63, 3.8) is 0 Å². The maximum absolute atomic E-state index is 12.0. The van der Waals surface area contributed by atoms with Crippen LogP contribution in [0.5, 0.6) is 0 Å². The summed E-state index contributed by atoms with van der Waals surface area (Å²) in [6.45, 7) is 7.76. The Kier molecular flexibility index (Phi) is 5.56. The number of anilines is 2. The number of benzene rings is 1. The van der Waals surface area contributed by atoms with Crippen LogP contribution in [0.1, 0.15) is 32.0 Å². The molecular weight excluding hydrogens is 324 g/mol. The van der Waals surface area contributed by atoms with Crippen molar-refractivity contribution in [2.75, 3.05) is 10.6 Å². The first-order valence-corrected chi connectivity index (χ1v) is 8.49. The van der Waals surface area contributed by atoms with Crippen molar-refractivity contribution < 1.29 is 9.59 Å². The SMILES string of the molecule is Cc1ccc(NC(=O)Nc2nc(CC(=O)NC(C)(C)C)cs2)cc1. The number of hydrogen-bond acceptors (Lipinski definition) is 4. The van der Waals surface area contributed by atoms with Crippen LogP contribution in [0, 0.1) is 6.92 Å². The van der Waals surface area contributed by atoms with Gasteiger partial charge in [-0.15, -0.1) is 11.3 Å². The molecule has 6 nitrogen and oxygen atoms in total. The van der Waals surface area contributed by atoms with E-state index >= 15 is 0 Å². The summed E-state index contributed by atoms with van der Waals surface area (Å²) in [5.41, 5.74) is 2.19. The molecule has 128 valence electrons. The van der Waals surface area contributed by atoms with Crippen LogP contribution >= 0.6 is 11.3 Å². The maximum Gasteiger partial charge on any atom is 0.325 e. The molecule has 0 bridgehead atoms. The number of aryl methyl sites for hydroxylation is 1. The molecule has 0 spiro atoms. The number of amides is 3. The fraction of sp³-hybridized carbons (Fsp3) is 0.353. The summed E-state index contributed by atoms with van der Waals surface area (Å²) < 4.78 is 0. The fourth-order valence-corrected chi connectivity index (χ4v) is 2.67. The van der Waals surface area contributed by atoms with Gasteiger partial charge in [0.2, 0.25) is 5.91 Å². The summed E-state index contributed by atoms with van der Waals surface area (Å²) >= 11 is 1.29. The molecule has 3 N–H and O–H groups in total. The largest absolute Gasteiger partial charge is 0.351 e. The van der Waals surface area contributed by atoms with Crippen molar-refractivity contribution in [1.29, 1.82) is 0 Å². The fourth-order valence-electron chi connectivity index (χ4n) is 1.97. The van der Waals surface area contributed by atoms with E-state index in [2.05, 4.69) is 20.9 Å². The molecule has 0 fully saturated rings. The van der Waals surface area contributed by atoms with Gasteiger partial charge in [-0.3, -0.25) is 10.1 Å². The van der Waals surface area contributed by atoms with Gasteiger partial charge in [0.25, 0.3) is 0 Å². The first-order chi connectivity index (χ1) is 11.2. The van der Waals surface area contributed by atoms with E-state index in [0.29, 0.717) is 16.5 Å². The van der Waals surface area contributed by atoms with Crippen LogP contribution < -0.4 is 16.0 Å². The Morgan fingerprint density at radius 3 is 2.42 bits per heavy atom. The van der Waals surface area contributed by atoms with E-state index in [1.807, 2.05) is 52.0 Å². The highest BCUT2D eigenvalue weighted by atomic mass is 32.1. The van der Waals surface area contributed by atoms with Crippen molar-refractivity contribution in [3.8, 4) is 0 Å². The van der Waals surface area contributed by atoms with Crippen LogP contribution in [-0.2, 0) is 11.2 Å². The second kappa shape index (κ2) is 7.44. The Morgan fingerprint density at radius 2 is 1.79 bits per heavy atom. The number of urea groups is 1. The number of rotatable bonds is 4. The average Bonchev–Trinajstić information content (AvgIpc) is 2.86. The molecule has 0 atom stereocenters. The standard InChI is InChI=1S/C17H22N4O2S/c1-11-5-7-12(8-6-11)18-15(23)20-16-19-13(10-24-16)9-14(22)21-17(2,3)4/h5-8,10H,9H2,1-4H3,(H,21,22)(H2,18,19,20,23). The zero-order valence-electron chi connectivity index (χ0n) is 14.3. The van der Waals surface area contributed by atoms with Crippen LogP contribution in [0.4, 0.5) is 15.6 Å². The van der Waals surface area contributed by atoms with Gasteiger partial charge in [-0.25, -0.2) is 9.78 Å². The second-order valence-corrected chi connectivity index (χ2v) is 7.42. The lowest BCUT2D eigenvalue weighted by molar-refractivity contribution is -0.121. The molecule has 0 aliphatic rings. The minimum atomic E-state index is -0.362. The molecule has 2 aromatic rings. The molecule has 2 rings (SSSR count). The number of carbonyl (C=O) groups excluding carboxylic acids is 2. The summed E-state index contributed by atoms with van der Waals surface area (Å²) in [7, 11) is 0. The van der Waals surface area contributed by atoms with Gasteiger partial charge in [0.05, 0.1) is 12.1 Å². The van der Waals surface area contributed by atoms with Crippen LogP contribution in [0.3, 0.4) is 0 Å². The van der Waals surface area contributed by atoms with Crippen molar-refractivity contribution in [1.82, 2.24) is 10.3 Å². The quantitative estimate of drug-likeness (QED) is 0.791. The van der Waals surface area contributed by atoms with Gasteiger partial charge in [0.1, 0.15) is 0 Å². The van der Waals surface area contributed by atoms with E-state index < -0.39 is 0 Å². The molecule has 0 aliphatic carbocycles. The summed E-state index contributed by atoms with van der Waals surface area (Å²) in [4.78, 5) is 28.1. The van der Waals surface area contributed by atoms with Gasteiger partial charge in [-0.1, -0.05) is 17.7 Å². The van der Waals surface area contributed by atoms with E-state index in [0.717, 1.165) is 5.56 Å². The van der Waals surface area contributed by atoms with Gasteiger partial charge < -0.3 is 10.6 Å². The highest BCUT2D eigenvalue weighted by Gasteiger charge is 2.15. The summed E-state index contributed by atoms with van der Waals surface area (Å²) in [6, 6.07) is 7.15. The van der Waals surface area contributed by atoms with Crippen molar-refractivity contribution in [2.24, 2.45) is 0 Å². The Bertz CT molecular complexity index is 717. The third kappa shape index (κ3) is 6.00. The molecule has 3 amide bonds. The van der Waals surface area contributed by atoms with Crippen LogP contribution in [0.25, 0.3) is 0 Å². The number of hydrogen-bond donors (Lipinski definition) is 3. The zero-order chi connectivity index (χ0) is 17.7. The molecular formula is C17H22N4O2S. The van der Waals surface area contributed by atoms with Crippen LogP contribution in [0.2, 0.25) is 0 Å². The van der Waals surface area contributed by atoms with Crippen LogP contribution in [-0.4, -0.2) is 22.5 Å². The Balaban J connectivity index is 1.87. The van der Waals surface area contributed by atoms with Crippen molar-refractivity contribution >= 4 is 34.1 Å². The summed E-state index contributed by atoms with van der Waals surface area (Å²) in [5.74, 6) is -0.0940. The number of aromatic nitrogens is 1. The van der Waals surface area contributed by atoms with E-state index in [1.54, 1.807) is 5.38 Å². The molecule has 7 heteroatoms. The van der Waals surface area contributed by atoms with Gasteiger partial charge >= 0.3 is 6.03 Å². The molecule has 24 heavy (non-hydrogen) atoms. The number of carbonyl (C=O) groups is 2. The molecule has 0 saturated carbocycles. The van der Waals surface area contributed by atoms with Gasteiger partial charge in [-0.05, 0) is 39.8 Å². The van der Waals surface area contributed by atoms with Gasteiger partial charge in [0, 0.05) is 16.6 Å². The van der Waals surface area contributed by atoms with Crippen molar-refractivity contribution in [2.45, 2.75) is 39.7 Å². The molecule has 1 heterocycles. The highest BCUT2D eigenvalue weighted by Crippen LogP contribution is 2.17. The first kappa shape index (κ1) is 17.9. The lowest BCUT2D eigenvalue weighted by Gasteiger charge is -2.20.